The smallest absolute Gasteiger partial charge is 0.254 e. The van der Waals surface area contributed by atoms with E-state index in [9.17, 15) is 9.90 Å². The lowest BCUT2D eigenvalue weighted by molar-refractivity contribution is -0.0140. The highest BCUT2D eigenvalue weighted by atomic mass is 16.5. The van der Waals surface area contributed by atoms with Crippen LogP contribution in [0.1, 0.15) is 36.5 Å². The first-order valence-corrected chi connectivity index (χ1v) is 8.40. The van der Waals surface area contributed by atoms with Gasteiger partial charge in [-0.05, 0) is 38.3 Å². The average Bonchev–Trinajstić information content (AvgIpc) is 3.09. The monoisotopic (exact) mass is 329 g/mol. The SMILES string of the molecule is CCn1cc(C(=O)N[C@@H]2CCC[C@@H](Oc3ccccc3)[C@@H]2O)cn1. The molecule has 0 aliphatic heterocycles. The van der Waals surface area contributed by atoms with Crippen molar-refractivity contribution in [3.8, 4) is 5.75 Å². The van der Waals surface area contributed by atoms with Crippen LogP contribution < -0.4 is 10.1 Å². The van der Waals surface area contributed by atoms with E-state index >= 15 is 0 Å². The summed E-state index contributed by atoms with van der Waals surface area (Å²) in [7, 11) is 0. The van der Waals surface area contributed by atoms with Gasteiger partial charge in [-0.1, -0.05) is 18.2 Å². The molecule has 0 spiro atoms. The summed E-state index contributed by atoms with van der Waals surface area (Å²) in [4.78, 5) is 12.3. The van der Waals surface area contributed by atoms with Crippen LogP contribution in [0.3, 0.4) is 0 Å². The second-order valence-corrected chi connectivity index (χ2v) is 6.06. The highest BCUT2D eigenvalue weighted by molar-refractivity contribution is 5.93. The van der Waals surface area contributed by atoms with Gasteiger partial charge < -0.3 is 15.2 Å². The molecule has 1 aromatic heterocycles. The van der Waals surface area contributed by atoms with Gasteiger partial charge in [-0.3, -0.25) is 9.48 Å². The van der Waals surface area contributed by atoms with Gasteiger partial charge in [-0.2, -0.15) is 5.10 Å². The number of nitrogens with zero attached hydrogens (tertiary/aromatic N) is 2. The second-order valence-electron chi connectivity index (χ2n) is 6.06. The van der Waals surface area contributed by atoms with Crippen LogP contribution in [0.5, 0.6) is 5.75 Å². The first kappa shape index (κ1) is 16.5. The highest BCUT2D eigenvalue weighted by Gasteiger charge is 2.34. The number of carbonyl (C=O) groups excluding carboxylic acids is 1. The molecule has 2 N–H and O–H groups in total. The second kappa shape index (κ2) is 7.49. The Bertz CT molecular complexity index is 671. The van der Waals surface area contributed by atoms with Gasteiger partial charge in [0, 0.05) is 12.7 Å². The van der Waals surface area contributed by atoms with Gasteiger partial charge in [-0.15, -0.1) is 0 Å². The molecular formula is C18H23N3O3. The Kier molecular flexibility index (Phi) is 5.15. The number of ether oxygens (including phenoxy) is 1. The average molecular weight is 329 g/mol. The van der Waals surface area contributed by atoms with Gasteiger partial charge >= 0.3 is 0 Å². The molecule has 1 fully saturated rings. The van der Waals surface area contributed by atoms with Crippen LogP contribution in [0, 0.1) is 0 Å². The van der Waals surface area contributed by atoms with E-state index in [1.54, 1.807) is 17.1 Å². The summed E-state index contributed by atoms with van der Waals surface area (Å²) in [6.45, 7) is 2.68. The maximum atomic E-state index is 12.3. The van der Waals surface area contributed by atoms with Crippen LogP contribution >= 0.6 is 0 Å². The van der Waals surface area contributed by atoms with Gasteiger partial charge in [0.15, 0.2) is 0 Å². The van der Waals surface area contributed by atoms with E-state index in [2.05, 4.69) is 10.4 Å². The fourth-order valence-corrected chi connectivity index (χ4v) is 3.01. The van der Waals surface area contributed by atoms with Crippen LogP contribution in [-0.4, -0.2) is 39.0 Å². The molecule has 1 saturated carbocycles. The quantitative estimate of drug-likeness (QED) is 0.879. The number of para-hydroxylation sites is 1. The number of carbonyl (C=O) groups is 1. The lowest BCUT2D eigenvalue weighted by Crippen LogP contribution is -2.52. The van der Waals surface area contributed by atoms with Crippen molar-refractivity contribution in [1.29, 1.82) is 0 Å². The molecule has 1 heterocycles. The van der Waals surface area contributed by atoms with E-state index in [0.29, 0.717) is 12.1 Å². The molecule has 2 aromatic rings. The molecule has 6 nitrogen and oxygen atoms in total. The number of nitrogens with one attached hydrogen (secondary N) is 1. The van der Waals surface area contributed by atoms with Gasteiger partial charge in [0.25, 0.3) is 5.91 Å². The number of hydrogen-bond acceptors (Lipinski definition) is 4. The molecule has 1 aromatic carbocycles. The van der Waals surface area contributed by atoms with Crippen LogP contribution in [0.4, 0.5) is 0 Å². The predicted octanol–water partition coefficient (Wildman–Crippen LogP) is 1.99. The maximum absolute atomic E-state index is 12.3. The van der Waals surface area contributed by atoms with Crippen LogP contribution in [-0.2, 0) is 6.54 Å². The van der Waals surface area contributed by atoms with E-state index in [1.165, 1.54) is 0 Å². The molecule has 0 radical (unpaired) electrons. The summed E-state index contributed by atoms with van der Waals surface area (Å²) in [5, 5.41) is 17.6. The summed E-state index contributed by atoms with van der Waals surface area (Å²) in [5.41, 5.74) is 0.509. The molecule has 1 amide bonds. The minimum Gasteiger partial charge on any atom is -0.488 e. The molecule has 1 aliphatic carbocycles. The third-order valence-electron chi connectivity index (χ3n) is 4.36. The number of aliphatic hydroxyl groups is 1. The minimum atomic E-state index is -0.732. The van der Waals surface area contributed by atoms with Crippen LogP contribution in [0.15, 0.2) is 42.7 Å². The predicted molar refractivity (Wildman–Crippen MR) is 89.9 cm³/mol. The Morgan fingerprint density at radius 3 is 2.88 bits per heavy atom. The Morgan fingerprint density at radius 2 is 2.17 bits per heavy atom. The summed E-state index contributed by atoms with van der Waals surface area (Å²) in [6.07, 6.45) is 4.62. The van der Waals surface area contributed by atoms with Gasteiger partial charge in [0.1, 0.15) is 18.0 Å². The Labute approximate surface area is 141 Å². The third kappa shape index (κ3) is 3.76. The van der Waals surface area contributed by atoms with Crippen LogP contribution in [0.25, 0.3) is 0 Å². The summed E-state index contributed by atoms with van der Waals surface area (Å²) >= 11 is 0. The molecule has 0 bridgehead atoms. The first-order chi connectivity index (χ1) is 11.7. The molecule has 24 heavy (non-hydrogen) atoms. The topological polar surface area (TPSA) is 76.4 Å². The Hall–Kier alpha value is -2.34. The third-order valence-corrected chi connectivity index (χ3v) is 4.36. The fourth-order valence-electron chi connectivity index (χ4n) is 3.01. The standard InChI is InChI=1S/C18H23N3O3/c1-2-21-12-13(11-19-21)18(23)20-15-9-6-10-16(17(15)22)24-14-7-4-3-5-8-14/h3-5,7-8,11-12,15-17,22H,2,6,9-10H2,1H3,(H,20,23)/t15-,16-,17-/m1/s1. The lowest BCUT2D eigenvalue weighted by atomic mass is 9.89. The van der Waals surface area contributed by atoms with E-state index in [0.717, 1.165) is 25.0 Å². The highest BCUT2D eigenvalue weighted by Crippen LogP contribution is 2.24. The molecule has 128 valence electrons. The van der Waals surface area contributed by atoms with Crippen molar-refractivity contribution in [1.82, 2.24) is 15.1 Å². The minimum absolute atomic E-state index is 0.209. The van der Waals surface area contributed by atoms with Crippen molar-refractivity contribution in [2.45, 2.75) is 51.0 Å². The van der Waals surface area contributed by atoms with Crippen molar-refractivity contribution < 1.29 is 14.6 Å². The number of aromatic nitrogens is 2. The number of amides is 1. The van der Waals surface area contributed by atoms with Gasteiger partial charge in [-0.25, -0.2) is 0 Å². The van der Waals surface area contributed by atoms with Gasteiger partial charge in [0.05, 0.1) is 17.8 Å². The Morgan fingerprint density at radius 1 is 1.38 bits per heavy atom. The molecule has 3 atom stereocenters. The fraction of sp³-hybridized carbons (Fsp3) is 0.444. The van der Waals surface area contributed by atoms with Gasteiger partial charge in [0.2, 0.25) is 0 Å². The number of aliphatic hydroxyl groups excluding tert-OH is 1. The summed E-state index contributed by atoms with van der Waals surface area (Å²) in [5.74, 6) is 0.525. The largest absolute Gasteiger partial charge is 0.488 e. The zero-order valence-electron chi connectivity index (χ0n) is 13.8. The van der Waals surface area contributed by atoms with Crippen molar-refractivity contribution in [3.63, 3.8) is 0 Å². The zero-order valence-corrected chi connectivity index (χ0v) is 13.8. The number of benzene rings is 1. The van der Waals surface area contributed by atoms with Crippen molar-refractivity contribution in [3.05, 3.63) is 48.3 Å². The first-order valence-electron chi connectivity index (χ1n) is 8.40. The zero-order chi connectivity index (χ0) is 16.9. The van der Waals surface area contributed by atoms with E-state index in [4.69, 9.17) is 4.74 Å². The van der Waals surface area contributed by atoms with Crippen LogP contribution in [0.2, 0.25) is 0 Å². The normalized spacial score (nSPS) is 23.7. The molecular weight excluding hydrogens is 306 g/mol. The van der Waals surface area contributed by atoms with Crippen molar-refractivity contribution in [2.75, 3.05) is 0 Å². The maximum Gasteiger partial charge on any atom is 0.254 e. The number of aryl methyl sites for hydroxylation is 1. The van der Waals surface area contributed by atoms with E-state index in [-0.39, 0.29) is 18.1 Å². The van der Waals surface area contributed by atoms with E-state index < -0.39 is 6.10 Å². The molecule has 0 saturated heterocycles. The lowest BCUT2D eigenvalue weighted by Gasteiger charge is -2.35. The number of rotatable bonds is 5. The molecule has 3 rings (SSSR count). The van der Waals surface area contributed by atoms with Crippen molar-refractivity contribution >= 4 is 5.91 Å². The van der Waals surface area contributed by atoms with E-state index in [1.807, 2.05) is 37.3 Å². The summed E-state index contributed by atoms with van der Waals surface area (Å²) < 4.78 is 7.59. The van der Waals surface area contributed by atoms with Crippen molar-refractivity contribution in [2.24, 2.45) is 0 Å². The Balaban J connectivity index is 1.62. The number of hydrogen-bond donors (Lipinski definition) is 2. The molecule has 6 heteroatoms. The summed E-state index contributed by atoms with van der Waals surface area (Å²) in [6, 6.07) is 9.14. The molecule has 1 aliphatic rings. The molecule has 0 unspecified atom stereocenters.